The van der Waals surface area contributed by atoms with E-state index in [-0.39, 0.29) is 0 Å². The Morgan fingerprint density at radius 3 is 2.88 bits per heavy atom. The summed E-state index contributed by atoms with van der Waals surface area (Å²) in [5, 5.41) is 3.20. The van der Waals surface area contributed by atoms with E-state index in [0.29, 0.717) is 0 Å². The molecule has 16 heavy (non-hydrogen) atoms. The highest BCUT2D eigenvalue weighted by molar-refractivity contribution is 5.46. The van der Waals surface area contributed by atoms with Crippen molar-refractivity contribution in [3.63, 3.8) is 0 Å². The van der Waals surface area contributed by atoms with Gasteiger partial charge in [-0.3, -0.25) is 0 Å². The SMILES string of the molecule is CCNc1cccc(N(C)CCOCC)n1. The second-order valence-electron chi connectivity index (χ2n) is 3.53. The summed E-state index contributed by atoms with van der Waals surface area (Å²) >= 11 is 0. The van der Waals surface area contributed by atoms with Crippen LogP contribution in [0, 0.1) is 0 Å². The molecule has 90 valence electrons. The van der Waals surface area contributed by atoms with Crippen LogP contribution in [0.1, 0.15) is 13.8 Å². The van der Waals surface area contributed by atoms with Crippen molar-refractivity contribution < 1.29 is 4.74 Å². The van der Waals surface area contributed by atoms with E-state index in [1.54, 1.807) is 0 Å². The van der Waals surface area contributed by atoms with Gasteiger partial charge in [-0.1, -0.05) is 6.07 Å². The Kier molecular flexibility index (Phi) is 5.64. The Bertz CT molecular complexity index is 304. The van der Waals surface area contributed by atoms with Gasteiger partial charge in [0.05, 0.1) is 6.61 Å². The summed E-state index contributed by atoms with van der Waals surface area (Å²) < 4.78 is 5.32. The summed E-state index contributed by atoms with van der Waals surface area (Å²) in [5.41, 5.74) is 0. The molecule has 0 bridgehead atoms. The topological polar surface area (TPSA) is 37.4 Å². The van der Waals surface area contributed by atoms with Crippen molar-refractivity contribution in [3.8, 4) is 0 Å². The van der Waals surface area contributed by atoms with Crippen molar-refractivity contribution >= 4 is 11.6 Å². The first-order valence-electron chi connectivity index (χ1n) is 5.77. The molecule has 0 aliphatic heterocycles. The number of rotatable bonds is 7. The van der Waals surface area contributed by atoms with E-state index >= 15 is 0 Å². The molecule has 0 saturated carbocycles. The van der Waals surface area contributed by atoms with Crippen molar-refractivity contribution in [2.75, 3.05) is 43.6 Å². The highest BCUT2D eigenvalue weighted by atomic mass is 16.5. The fourth-order valence-corrected chi connectivity index (χ4v) is 1.38. The van der Waals surface area contributed by atoms with Crippen LogP contribution in [0.25, 0.3) is 0 Å². The molecule has 1 rings (SSSR count). The number of likely N-dealkylation sites (N-methyl/N-ethyl adjacent to an activating group) is 1. The monoisotopic (exact) mass is 223 g/mol. The number of hydrogen-bond donors (Lipinski definition) is 1. The first kappa shape index (κ1) is 12.8. The number of hydrogen-bond acceptors (Lipinski definition) is 4. The van der Waals surface area contributed by atoms with Gasteiger partial charge in [0.1, 0.15) is 11.6 Å². The first-order valence-corrected chi connectivity index (χ1v) is 5.77. The molecule has 0 atom stereocenters. The smallest absolute Gasteiger partial charge is 0.130 e. The third-order valence-electron chi connectivity index (χ3n) is 2.26. The van der Waals surface area contributed by atoms with Gasteiger partial charge in [0, 0.05) is 26.7 Å². The summed E-state index contributed by atoms with van der Waals surface area (Å²) in [5.74, 6) is 1.89. The molecule has 0 spiro atoms. The lowest BCUT2D eigenvalue weighted by Gasteiger charge is -2.18. The van der Waals surface area contributed by atoms with Crippen molar-refractivity contribution in [1.82, 2.24) is 4.98 Å². The lowest BCUT2D eigenvalue weighted by molar-refractivity contribution is 0.154. The minimum atomic E-state index is 0.736. The van der Waals surface area contributed by atoms with Gasteiger partial charge in [0.15, 0.2) is 0 Å². The largest absolute Gasteiger partial charge is 0.380 e. The molecule has 4 heteroatoms. The van der Waals surface area contributed by atoms with E-state index in [9.17, 15) is 0 Å². The van der Waals surface area contributed by atoms with Gasteiger partial charge in [-0.05, 0) is 26.0 Å². The molecule has 0 radical (unpaired) electrons. The number of pyridine rings is 1. The van der Waals surface area contributed by atoms with E-state index in [0.717, 1.165) is 37.9 Å². The summed E-state index contributed by atoms with van der Waals surface area (Å²) in [4.78, 5) is 6.59. The van der Waals surface area contributed by atoms with E-state index in [2.05, 4.69) is 22.1 Å². The molecule has 0 aliphatic carbocycles. The maximum absolute atomic E-state index is 5.32. The van der Waals surface area contributed by atoms with Crippen LogP contribution in [0.4, 0.5) is 11.6 Å². The Hall–Kier alpha value is -1.29. The highest BCUT2D eigenvalue weighted by Crippen LogP contribution is 2.12. The van der Waals surface area contributed by atoms with Gasteiger partial charge in [0.25, 0.3) is 0 Å². The fraction of sp³-hybridized carbons (Fsp3) is 0.583. The molecule has 0 amide bonds. The van der Waals surface area contributed by atoms with Crippen LogP contribution in [0.5, 0.6) is 0 Å². The van der Waals surface area contributed by atoms with Crippen molar-refractivity contribution in [1.29, 1.82) is 0 Å². The van der Waals surface area contributed by atoms with Crippen LogP contribution >= 0.6 is 0 Å². The van der Waals surface area contributed by atoms with E-state index in [4.69, 9.17) is 4.74 Å². The molecule has 0 saturated heterocycles. The molecule has 1 heterocycles. The molecule has 0 unspecified atom stereocenters. The van der Waals surface area contributed by atoms with Gasteiger partial charge in [0.2, 0.25) is 0 Å². The van der Waals surface area contributed by atoms with Crippen LogP contribution in [0.3, 0.4) is 0 Å². The number of nitrogens with zero attached hydrogens (tertiary/aromatic N) is 2. The zero-order valence-electron chi connectivity index (χ0n) is 10.4. The van der Waals surface area contributed by atoms with Gasteiger partial charge in [-0.25, -0.2) is 4.98 Å². The standard InChI is InChI=1S/C12H21N3O/c1-4-13-11-7-6-8-12(14-11)15(3)9-10-16-5-2/h6-8H,4-5,9-10H2,1-3H3,(H,13,14). The predicted octanol–water partition coefficient (Wildman–Crippen LogP) is 1.99. The van der Waals surface area contributed by atoms with Crippen LogP contribution in [0.15, 0.2) is 18.2 Å². The lowest BCUT2D eigenvalue weighted by atomic mass is 10.4. The maximum Gasteiger partial charge on any atom is 0.130 e. The molecule has 0 aliphatic rings. The van der Waals surface area contributed by atoms with Crippen molar-refractivity contribution in [2.45, 2.75) is 13.8 Å². The Labute approximate surface area is 97.6 Å². The number of nitrogens with one attached hydrogen (secondary N) is 1. The lowest BCUT2D eigenvalue weighted by Crippen LogP contribution is -2.23. The fourth-order valence-electron chi connectivity index (χ4n) is 1.38. The van der Waals surface area contributed by atoms with Gasteiger partial charge < -0.3 is 15.0 Å². The summed E-state index contributed by atoms with van der Waals surface area (Å²) in [6, 6.07) is 5.99. The average Bonchev–Trinajstić information content (AvgIpc) is 2.30. The Morgan fingerprint density at radius 2 is 2.19 bits per heavy atom. The summed E-state index contributed by atoms with van der Waals surface area (Å²) in [6.45, 7) is 7.31. The van der Waals surface area contributed by atoms with Crippen molar-refractivity contribution in [2.24, 2.45) is 0 Å². The number of aromatic nitrogens is 1. The zero-order valence-corrected chi connectivity index (χ0v) is 10.4. The number of anilines is 2. The quantitative estimate of drug-likeness (QED) is 0.717. The first-order chi connectivity index (χ1) is 7.77. The van der Waals surface area contributed by atoms with Gasteiger partial charge in [-0.2, -0.15) is 0 Å². The molecule has 1 N–H and O–H groups in total. The van der Waals surface area contributed by atoms with Crippen LogP contribution in [-0.2, 0) is 4.74 Å². The zero-order chi connectivity index (χ0) is 11.8. The third-order valence-corrected chi connectivity index (χ3v) is 2.26. The average molecular weight is 223 g/mol. The normalized spacial score (nSPS) is 10.2. The Balaban J connectivity index is 2.53. The van der Waals surface area contributed by atoms with Gasteiger partial charge in [-0.15, -0.1) is 0 Å². The van der Waals surface area contributed by atoms with Crippen molar-refractivity contribution in [3.05, 3.63) is 18.2 Å². The maximum atomic E-state index is 5.32. The summed E-state index contributed by atoms with van der Waals surface area (Å²) in [6.07, 6.45) is 0. The van der Waals surface area contributed by atoms with Gasteiger partial charge >= 0.3 is 0 Å². The molecule has 0 fully saturated rings. The van der Waals surface area contributed by atoms with Crippen LogP contribution in [0.2, 0.25) is 0 Å². The van der Waals surface area contributed by atoms with E-state index < -0.39 is 0 Å². The molecule has 0 aromatic carbocycles. The third kappa shape index (κ3) is 4.06. The number of ether oxygens (including phenoxy) is 1. The molecule has 1 aromatic rings. The Morgan fingerprint density at radius 1 is 1.38 bits per heavy atom. The highest BCUT2D eigenvalue weighted by Gasteiger charge is 2.02. The summed E-state index contributed by atoms with van der Waals surface area (Å²) in [7, 11) is 2.02. The minimum absolute atomic E-state index is 0.736. The van der Waals surface area contributed by atoms with E-state index in [1.807, 2.05) is 32.2 Å². The minimum Gasteiger partial charge on any atom is -0.380 e. The predicted molar refractivity (Wildman–Crippen MR) is 68.2 cm³/mol. The molecule has 1 aromatic heterocycles. The second-order valence-corrected chi connectivity index (χ2v) is 3.53. The molecular formula is C12H21N3O. The molecule has 4 nitrogen and oxygen atoms in total. The van der Waals surface area contributed by atoms with Crippen LogP contribution < -0.4 is 10.2 Å². The van der Waals surface area contributed by atoms with Crippen LogP contribution in [-0.4, -0.2) is 38.3 Å². The molecular weight excluding hydrogens is 202 g/mol. The van der Waals surface area contributed by atoms with E-state index in [1.165, 1.54) is 0 Å². The second kappa shape index (κ2) is 7.06.